The van der Waals surface area contributed by atoms with Gasteiger partial charge in [-0.3, -0.25) is 5.10 Å². The van der Waals surface area contributed by atoms with Gasteiger partial charge in [0.15, 0.2) is 0 Å². The number of H-pyrrole nitrogens is 1. The second kappa shape index (κ2) is 3.22. The van der Waals surface area contributed by atoms with Gasteiger partial charge in [-0.1, -0.05) is 0 Å². The Bertz CT molecular complexity index is 144. The summed E-state index contributed by atoms with van der Waals surface area (Å²) in [4.78, 5) is 3.94. The molecule has 0 aliphatic heterocycles. The molecule has 1 rings (SSSR count). The molecule has 4 heteroatoms. The Kier molecular flexibility index (Phi) is 3.28. The second-order valence-electron chi connectivity index (χ2n) is 1.47. The summed E-state index contributed by atoms with van der Waals surface area (Å²) in [5, 5.41) is 6.49. The summed E-state index contributed by atoms with van der Waals surface area (Å²) in [6.45, 7) is 3.73. The van der Waals surface area contributed by atoms with Crippen LogP contribution in [0, 0.1) is 13.8 Å². The zero-order valence-corrected chi connectivity index (χ0v) is 7.39. The fourth-order valence-corrected chi connectivity index (χ4v) is 0.455. The molecule has 8 heavy (non-hydrogen) atoms. The molecule has 0 aromatic carbocycles. The van der Waals surface area contributed by atoms with Crippen molar-refractivity contribution in [2.24, 2.45) is 0 Å². The van der Waals surface area contributed by atoms with Crippen LogP contribution in [0.2, 0.25) is 0 Å². The number of hydrogen-bond donors (Lipinski definition) is 1. The van der Waals surface area contributed by atoms with Crippen LogP contribution >= 0.6 is 0 Å². The Labute approximate surface area is 70.2 Å². The Morgan fingerprint density at radius 3 is 2.12 bits per heavy atom. The molecule has 0 atom stereocenters. The quantitative estimate of drug-likeness (QED) is 0.491. The number of hydrogen-bond acceptors (Lipinski definition) is 2. The van der Waals surface area contributed by atoms with E-state index in [-0.39, 0.29) is 29.6 Å². The Balaban J connectivity index is 0.000000490. The van der Waals surface area contributed by atoms with Crippen molar-refractivity contribution in [3.63, 3.8) is 0 Å². The van der Waals surface area contributed by atoms with Gasteiger partial charge in [-0.05, 0) is 13.8 Å². The molecule has 0 aliphatic carbocycles. The van der Waals surface area contributed by atoms with Crippen LogP contribution in [0.25, 0.3) is 0 Å². The molecule has 0 saturated carbocycles. The van der Waals surface area contributed by atoms with Crippen molar-refractivity contribution in [3.8, 4) is 0 Å². The van der Waals surface area contributed by atoms with Crippen LogP contribution in [0.5, 0.6) is 0 Å². The third-order valence-corrected chi connectivity index (χ3v) is 0.709. The van der Waals surface area contributed by atoms with E-state index in [4.69, 9.17) is 0 Å². The van der Waals surface area contributed by atoms with Gasteiger partial charge in [0.1, 0.15) is 11.6 Å². The summed E-state index contributed by atoms with van der Waals surface area (Å²) >= 11 is 0. The van der Waals surface area contributed by atoms with E-state index in [2.05, 4.69) is 15.2 Å². The van der Waals surface area contributed by atoms with Crippen molar-refractivity contribution >= 4 is 29.6 Å². The topological polar surface area (TPSA) is 41.6 Å². The van der Waals surface area contributed by atoms with E-state index >= 15 is 0 Å². The average molecular weight is 120 g/mol. The first kappa shape index (κ1) is 8.14. The minimum atomic E-state index is 0. The summed E-state index contributed by atoms with van der Waals surface area (Å²) in [5.41, 5.74) is 0. The summed E-state index contributed by atoms with van der Waals surface area (Å²) in [5.74, 6) is 1.68. The minimum Gasteiger partial charge on any atom is -0.263 e. The van der Waals surface area contributed by atoms with Crippen molar-refractivity contribution in [1.29, 1.82) is 0 Å². The van der Waals surface area contributed by atoms with Gasteiger partial charge in [-0.15, -0.1) is 0 Å². The Hall–Kier alpha value is 0.140. The molecule has 1 aromatic rings. The molecule has 0 unspecified atom stereocenters. The molecule has 1 heterocycles. The van der Waals surface area contributed by atoms with Gasteiger partial charge < -0.3 is 0 Å². The number of aryl methyl sites for hydroxylation is 2. The van der Waals surface area contributed by atoms with E-state index in [1.807, 2.05) is 13.8 Å². The van der Waals surface area contributed by atoms with E-state index in [0.29, 0.717) is 0 Å². The zero-order valence-electron chi connectivity index (χ0n) is 5.39. The summed E-state index contributed by atoms with van der Waals surface area (Å²) < 4.78 is 0. The zero-order chi connectivity index (χ0) is 5.28. The number of nitrogens with one attached hydrogen (secondary N) is 1. The van der Waals surface area contributed by atoms with Crippen LogP contribution in [0.4, 0.5) is 0 Å². The van der Waals surface area contributed by atoms with Crippen LogP contribution in [0.3, 0.4) is 0 Å². The van der Waals surface area contributed by atoms with E-state index in [0.717, 1.165) is 11.6 Å². The van der Waals surface area contributed by atoms with Gasteiger partial charge in [0.25, 0.3) is 0 Å². The van der Waals surface area contributed by atoms with Gasteiger partial charge in [-0.2, -0.15) is 5.10 Å². The van der Waals surface area contributed by atoms with Crippen LogP contribution in [0.15, 0.2) is 0 Å². The predicted octanol–water partition coefficient (Wildman–Crippen LogP) is 0.0407. The first-order valence-electron chi connectivity index (χ1n) is 2.14. The van der Waals surface area contributed by atoms with Crippen LogP contribution < -0.4 is 0 Å². The normalized spacial score (nSPS) is 8.25. The van der Waals surface area contributed by atoms with Crippen molar-refractivity contribution in [3.05, 3.63) is 11.6 Å². The molecule has 0 fully saturated rings. The molecule has 1 aromatic heterocycles. The van der Waals surface area contributed by atoms with Crippen molar-refractivity contribution in [2.45, 2.75) is 13.8 Å². The Morgan fingerprint density at radius 1 is 1.38 bits per heavy atom. The SMILES string of the molecule is Cc1n[nH]c(C)n1.[Na]. The molecule has 3 nitrogen and oxygen atoms in total. The maximum Gasteiger partial charge on any atom is 0.147 e. The van der Waals surface area contributed by atoms with E-state index in [9.17, 15) is 0 Å². The number of nitrogens with zero attached hydrogens (tertiary/aromatic N) is 2. The van der Waals surface area contributed by atoms with E-state index in [1.54, 1.807) is 0 Å². The third-order valence-electron chi connectivity index (χ3n) is 0.709. The molecule has 0 bridgehead atoms. The number of aromatic amines is 1. The standard InChI is InChI=1S/C4H7N3.Na/c1-3-5-4(2)7-6-3;/h1-2H3,(H,5,6,7);. The average Bonchev–Trinajstić information content (AvgIpc) is 1.87. The molecule has 1 N–H and O–H groups in total. The van der Waals surface area contributed by atoms with Crippen LogP contribution in [-0.4, -0.2) is 44.7 Å². The van der Waals surface area contributed by atoms with Crippen molar-refractivity contribution in [1.82, 2.24) is 15.2 Å². The molecule has 0 amide bonds. The van der Waals surface area contributed by atoms with Gasteiger partial charge in [0, 0.05) is 29.6 Å². The van der Waals surface area contributed by atoms with E-state index in [1.165, 1.54) is 0 Å². The smallest absolute Gasteiger partial charge is 0.147 e. The van der Waals surface area contributed by atoms with Gasteiger partial charge in [0.2, 0.25) is 0 Å². The molecule has 0 aliphatic rings. The molecule has 0 saturated heterocycles. The predicted molar refractivity (Wildman–Crippen MR) is 31.6 cm³/mol. The molecule has 0 spiro atoms. The second-order valence-corrected chi connectivity index (χ2v) is 1.47. The van der Waals surface area contributed by atoms with Crippen LogP contribution in [0.1, 0.15) is 11.6 Å². The summed E-state index contributed by atoms with van der Waals surface area (Å²) in [7, 11) is 0. The first-order chi connectivity index (χ1) is 3.29. The number of aromatic nitrogens is 3. The number of rotatable bonds is 0. The fourth-order valence-electron chi connectivity index (χ4n) is 0.455. The third kappa shape index (κ3) is 1.94. The van der Waals surface area contributed by atoms with Gasteiger partial charge in [-0.25, -0.2) is 4.98 Å². The van der Waals surface area contributed by atoms with Crippen LogP contribution in [-0.2, 0) is 0 Å². The van der Waals surface area contributed by atoms with Gasteiger partial charge >= 0.3 is 0 Å². The minimum absolute atomic E-state index is 0. The summed E-state index contributed by atoms with van der Waals surface area (Å²) in [6, 6.07) is 0. The molecular formula is C4H7N3Na. The Morgan fingerprint density at radius 2 is 2.00 bits per heavy atom. The fraction of sp³-hybridized carbons (Fsp3) is 0.500. The summed E-state index contributed by atoms with van der Waals surface area (Å²) in [6.07, 6.45) is 0. The monoisotopic (exact) mass is 120 g/mol. The maximum absolute atomic E-state index is 3.94. The van der Waals surface area contributed by atoms with Crippen molar-refractivity contribution < 1.29 is 0 Å². The van der Waals surface area contributed by atoms with Crippen molar-refractivity contribution in [2.75, 3.05) is 0 Å². The molecule has 1 radical (unpaired) electrons. The first-order valence-corrected chi connectivity index (χ1v) is 2.14. The molecule has 39 valence electrons. The maximum atomic E-state index is 3.94. The largest absolute Gasteiger partial charge is 0.263 e. The van der Waals surface area contributed by atoms with E-state index < -0.39 is 0 Å². The molecular weight excluding hydrogens is 113 g/mol. The van der Waals surface area contributed by atoms with Gasteiger partial charge in [0.05, 0.1) is 0 Å².